The average molecular weight is 425 g/mol. The number of likely N-dealkylation sites (tertiary alicyclic amines) is 1. The van der Waals surface area contributed by atoms with Crippen molar-refractivity contribution < 1.29 is 28.9 Å². The average Bonchev–Trinajstić information content (AvgIpc) is 2.93. The van der Waals surface area contributed by atoms with Gasteiger partial charge in [0.15, 0.2) is 5.54 Å². The van der Waals surface area contributed by atoms with Crippen molar-refractivity contribution in [3.05, 3.63) is 77.9 Å². The van der Waals surface area contributed by atoms with Crippen molar-refractivity contribution in [3.63, 3.8) is 0 Å². The number of rotatable bonds is 8. The van der Waals surface area contributed by atoms with Crippen LogP contribution in [0.4, 0.5) is 0 Å². The molecule has 1 amide bonds. The van der Waals surface area contributed by atoms with E-state index in [-0.39, 0.29) is 25.3 Å². The normalized spacial score (nSPS) is 23.2. The zero-order valence-corrected chi connectivity index (χ0v) is 18.0. The predicted molar refractivity (Wildman–Crippen MR) is 114 cm³/mol. The molecule has 1 fully saturated rings. The van der Waals surface area contributed by atoms with Crippen LogP contribution >= 0.6 is 0 Å². The van der Waals surface area contributed by atoms with Gasteiger partial charge >= 0.3 is 5.97 Å². The van der Waals surface area contributed by atoms with Gasteiger partial charge in [-0.05, 0) is 30.2 Å². The number of ether oxygens (including phenoxy) is 3. The van der Waals surface area contributed by atoms with Crippen LogP contribution < -0.4 is 4.74 Å². The number of hydrogen-bond acceptors (Lipinski definition) is 6. The minimum absolute atomic E-state index is 0.0573. The maximum absolute atomic E-state index is 13.1. The molecule has 2 atom stereocenters. The Labute approximate surface area is 181 Å². The summed E-state index contributed by atoms with van der Waals surface area (Å²) in [7, 11) is 2.78. The molecule has 0 spiro atoms. The Balaban J connectivity index is 1.96. The molecule has 1 aliphatic heterocycles. The Kier molecular flexibility index (Phi) is 6.48. The second-order valence-electron chi connectivity index (χ2n) is 7.62. The minimum Gasteiger partial charge on any atom is -0.497 e. The molecule has 1 aliphatic rings. The van der Waals surface area contributed by atoms with Crippen LogP contribution in [0.25, 0.3) is 0 Å². The van der Waals surface area contributed by atoms with E-state index in [1.165, 1.54) is 18.9 Å². The molecule has 1 heterocycles. The van der Waals surface area contributed by atoms with E-state index in [0.717, 1.165) is 11.1 Å². The number of nitrogens with zero attached hydrogens (tertiary/aromatic N) is 1. The summed E-state index contributed by atoms with van der Waals surface area (Å²) in [6.45, 7) is 5.15. The third kappa shape index (κ3) is 3.94. The largest absolute Gasteiger partial charge is 0.497 e. The highest BCUT2D eigenvalue weighted by atomic mass is 16.5. The Morgan fingerprint density at radius 2 is 1.71 bits per heavy atom. The van der Waals surface area contributed by atoms with Crippen LogP contribution in [-0.2, 0) is 32.2 Å². The summed E-state index contributed by atoms with van der Waals surface area (Å²) >= 11 is 0. The SMILES string of the molecule is C=C1C(=O)N(Cc2ccc(OC)cc2)C(COCc2ccccc2)(C(=O)OC)[C@@]1(C)O. The first-order chi connectivity index (χ1) is 14.8. The third-order valence-corrected chi connectivity index (χ3v) is 5.80. The van der Waals surface area contributed by atoms with Gasteiger partial charge in [-0.2, -0.15) is 0 Å². The predicted octanol–water partition coefficient (Wildman–Crippen LogP) is 2.47. The summed E-state index contributed by atoms with van der Waals surface area (Å²) in [4.78, 5) is 27.5. The molecule has 2 aromatic rings. The fraction of sp³-hybridized carbons (Fsp3) is 0.333. The topological polar surface area (TPSA) is 85.3 Å². The molecule has 31 heavy (non-hydrogen) atoms. The maximum Gasteiger partial charge on any atom is 0.337 e. The lowest BCUT2D eigenvalue weighted by atomic mass is 9.80. The van der Waals surface area contributed by atoms with Gasteiger partial charge in [0.25, 0.3) is 5.91 Å². The van der Waals surface area contributed by atoms with Crippen molar-refractivity contribution in [2.24, 2.45) is 0 Å². The van der Waals surface area contributed by atoms with E-state index in [9.17, 15) is 14.7 Å². The van der Waals surface area contributed by atoms with Gasteiger partial charge in [0.2, 0.25) is 0 Å². The zero-order valence-electron chi connectivity index (χ0n) is 18.0. The van der Waals surface area contributed by atoms with E-state index in [1.54, 1.807) is 31.4 Å². The highest BCUT2D eigenvalue weighted by Crippen LogP contribution is 2.44. The van der Waals surface area contributed by atoms with Gasteiger partial charge in [-0.1, -0.05) is 49.0 Å². The molecule has 7 nitrogen and oxygen atoms in total. The lowest BCUT2D eigenvalue weighted by Gasteiger charge is -2.41. The smallest absolute Gasteiger partial charge is 0.337 e. The van der Waals surface area contributed by atoms with Gasteiger partial charge in [0, 0.05) is 12.1 Å². The number of aliphatic hydroxyl groups is 1. The van der Waals surface area contributed by atoms with Crippen molar-refractivity contribution >= 4 is 11.9 Å². The van der Waals surface area contributed by atoms with Crippen molar-refractivity contribution in [3.8, 4) is 5.75 Å². The van der Waals surface area contributed by atoms with Gasteiger partial charge in [-0.25, -0.2) is 4.79 Å². The molecule has 1 saturated heterocycles. The van der Waals surface area contributed by atoms with Crippen molar-refractivity contribution in [2.45, 2.75) is 31.2 Å². The first kappa shape index (κ1) is 22.5. The van der Waals surface area contributed by atoms with Gasteiger partial charge in [0.05, 0.1) is 27.4 Å². The number of methoxy groups -OCH3 is 2. The molecule has 2 aromatic carbocycles. The Bertz CT molecular complexity index is 954. The Morgan fingerprint density at radius 1 is 1.06 bits per heavy atom. The Hall–Kier alpha value is -3.16. The summed E-state index contributed by atoms with van der Waals surface area (Å²) in [5.74, 6) is -0.640. The van der Waals surface area contributed by atoms with Gasteiger partial charge < -0.3 is 24.2 Å². The van der Waals surface area contributed by atoms with E-state index in [2.05, 4.69) is 6.58 Å². The van der Waals surface area contributed by atoms with Crippen LogP contribution in [0.3, 0.4) is 0 Å². The summed E-state index contributed by atoms with van der Waals surface area (Å²) in [6.07, 6.45) is 0. The molecule has 0 bridgehead atoms. The van der Waals surface area contributed by atoms with Crippen LogP contribution in [0, 0.1) is 0 Å². The van der Waals surface area contributed by atoms with Gasteiger partial charge in [-0.3, -0.25) is 4.79 Å². The summed E-state index contributed by atoms with van der Waals surface area (Å²) in [6, 6.07) is 16.5. The standard InChI is InChI=1S/C24H27NO6/c1-17-21(26)25(14-18-10-12-20(29-3)13-11-18)24(22(27)30-4,23(17,2)28)16-31-15-19-8-6-5-7-9-19/h5-13,28H,1,14-16H2,2-4H3/t23-,24?/m0/s1. The monoisotopic (exact) mass is 425 g/mol. The van der Waals surface area contributed by atoms with Crippen molar-refractivity contribution in [1.82, 2.24) is 4.90 Å². The molecular formula is C24H27NO6. The number of carbonyl (C=O) groups excluding carboxylic acids is 2. The van der Waals surface area contributed by atoms with E-state index in [4.69, 9.17) is 14.2 Å². The molecule has 3 rings (SSSR count). The van der Waals surface area contributed by atoms with Crippen LogP contribution in [0.15, 0.2) is 66.7 Å². The molecule has 0 saturated carbocycles. The fourth-order valence-electron chi connectivity index (χ4n) is 3.82. The molecular weight excluding hydrogens is 398 g/mol. The van der Waals surface area contributed by atoms with Crippen LogP contribution in [0.1, 0.15) is 18.1 Å². The highest BCUT2D eigenvalue weighted by Gasteiger charge is 2.67. The molecule has 0 radical (unpaired) electrons. The summed E-state index contributed by atoms with van der Waals surface area (Å²) in [5.41, 5.74) is -2.12. The highest BCUT2D eigenvalue weighted by molar-refractivity contribution is 6.05. The van der Waals surface area contributed by atoms with Crippen LogP contribution in [0.5, 0.6) is 5.75 Å². The van der Waals surface area contributed by atoms with Crippen LogP contribution in [-0.4, -0.2) is 53.8 Å². The quantitative estimate of drug-likeness (QED) is 0.517. The number of hydrogen-bond donors (Lipinski definition) is 1. The minimum atomic E-state index is -1.89. The number of esters is 1. The zero-order chi connectivity index (χ0) is 22.6. The second kappa shape index (κ2) is 8.91. The lowest BCUT2D eigenvalue weighted by molar-refractivity contribution is -0.176. The van der Waals surface area contributed by atoms with E-state index in [1.807, 2.05) is 30.3 Å². The van der Waals surface area contributed by atoms with E-state index < -0.39 is 23.0 Å². The third-order valence-electron chi connectivity index (χ3n) is 5.80. The Morgan fingerprint density at radius 3 is 2.29 bits per heavy atom. The molecule has 1 unspecified atom stereocenters. The maximum atomic E-state index is 13.1. The van der Waals surface area contributed by atoms with Crippen molar-refractivity contribution in [2.75, 3.05) is 20.8 Å². The van der Waals surface area contributed by atoms with E-state index >= 15 is 0 Å². The second-order valence-corrected chi connectivity index (χ2v) is 7.62. The van der Waals surface area contributed by atoms with Gasteiger partial charge in [-0.15, -0.1) is 0 Å². The van der Waals surface area contributed by atoms with Crippen LogP contribution in [0.2, 0.25) is 0 Å². The van der Waals surface area contributed by atoms with Crippen molar-refractivity contribution in [1.29, 1.82) is 0 Å². The summed E-state index contributed by atoms with van der Waals surface area (Å²) < 4.78 is 16.1. The molecule has 0 aliphatic carbocycles. The summed E-state index contributed by atoms with van der Waals surface area (Å²) in [5, 5.41) is 11.3. The van der Waals surface area contributed by atoms with E-state index in [0.29, 0.717) is 5.75 Å². The number of carbonyl (C=O) groups is 2. The first-order valence-electron chi connectivity index (χ1n) is 9.84. The van der Waals surface area contributed by atoms with Gasteiger partial charge in [0.1, 0.15) is 11.4 Å². The first-order valence-corrected chi connectivity index (χ1v) is 9.84. The molecule has 0 aromatic heterocycles. The lowest BCUT2D eigenvalue weighted by Crippen LogP contribution is -2.65. The molecule has 164 valence electrons. The molecule has 1 N–H and O–H groups in total. The number of amides is 1. The fourth-order valence-corrected chi connectivity index (χ4v) is 3.82. The molecule has 7 heteroatoms. The number of benzene rings is 2.